The van der Waals surface area contributed by atoms with Gasteiger partial charge in [-0.05, 0) is 30.5 Å². The molecule has 0 bridgehead atoms. The average Bonchev–Trinajstić information content (AvgIpc) is 2.43. The first-order chi connectivity index (χ1) is 10.8. The van der Waals surface area contributed by atoms with Gasteiger partial charge in [-0.1, -0.05) is 12.1 Å². The summed E-state index contributed by atoms with van der Waals surface area (Å²) in [5.41, 5.74) is 1.62. The fraction of sp³-hybridized carbons (Fsp3) is 0.353. The maximum atomic E-state index is 11.2. The standard InChI is InChI=1S/C17H20O6/c1-11(10-21-12(2)18)5-6-15-7-8-16(22-13(3)19)9-17(15)23-14(4)20/h5,7-9H,6,10H2,1-4H3. The molecule has 0 saturated heterocycles. The smallest absolute Gasteiger partial charge is 0.308 e. The Hall–Kier alpha value is -2.63. The number of hydrogen-bond donors (Lipinski definition) is 0. The second kappa shape index (κ2) is 8.73. The lowest BCUT2D eigenvalue weighted by molar-refractivity contribution is -0.140. The highest BCUT2D eigenvalue weighted by Gasteiger charge is 2.09. The molecule has 124 valence electrons. The van der Waals surface area contributed by atoms with Gasteiger partial charge in [0.2, 0.25) is 0 Å². The van der Waals surface area contributed by atoms with Crippen LogP contribution in [-0.2, 0) is 25.5 Å². The third kappa shape index (κ3) is 7.26. The number of carbonyl (C=O) groups is 3. The van der Waals surface area contributed by atoms with E-state index in [9.17, 15) is 14.4 Å². The summed E-state index contributed by atoms with van der Waals surface area (Å²) in [5, 5.41) is 0. The van der Waals surface area contributed by atoms with Crippen LogP contribution in [-0.4, -0.2) is 24.5 Å². The maximum absolute atomic E-state index is 11.2. The van der Waals surface area contributed by atoms with Gasteiger partial charge in [0.1, 0.15) is 18.1 Å². The summed E-state index contributed by atoms with van der Waals surface area (Å²) in [5.74, 6) is -0.634. The SMILES string of the molecule is CC(=O)OCC(C)=CCc1ccc(OC(C)=O)cc1OC(C)=O. The molecule has 0 aliphatic carbocycles. The van der Waals surface area contributed by atoms with Crippen LogP contribution in [0.4, 0.5) is 0 Å². The quantitative estimate of drug-likeness (QED) is 0.455. The molecule has 0 heterocycles. The summed E-state index contributed by atoms with van der Waals surface area (Å²) in [4.78, 5) is 33.0. The van der Waals surface area contributed by atoms with Crippen LogP contribution >= 0.6 is 0 Å². The van der Waals surface area contributed by atoms with Gasteiger partial charge in [-0.2, -0.15) is 0 Å². The first-order valence-electron chi connectivity index (χ1n) is 7.06. The van der Waals surface area contributed by atoms with Gasteiger partial charge in [0.15, 0.2) is 0 Å². The third-order valence-electron chi connectivity index (χ3n) is 2.73. The molecule has 6 nitrogen and oxygen atoms in total. The van der Waals surface area contributed by atoms with E-state index in [1.165, 1.54) is 26.8 Å². The van der Waals surface area contributed by atoms with Gasteiger partial charge in [-0.15, -0.1) is 0 Å². The minimum atomic E-state index is -0.466. The molecule has 1 aromatic carbocycles. The number of benzene rings is 1. The minimum absolute atomic E-state index is 0.212. The second-order valence-corrected chi connectivity index (χ2v) is 4.99. The predicted molar refractivity (Wildman–Crippen MR) is 83.2 cm³/mol. The van der Waals surface area contributed by atoms with Crippen molar-refractivity contribution in [1.29, 1.82) is 0 Å². The van der Waals surface area contributed by atoms with E-state index in [0.717, 1.165) is 11.1 Å². The van der Waals surface area contributed by atoms with E-state index in [1.54, 1.807) is 12.1 Å². The zero-order chi connectivity index (χ0) is 17.4. The van der Waals surface area contributed by atoms with Crippen molar-refractivity contribution in [2.24, 2.45) is 0 Å². The lowest BCUT2D eigenvalue weighted by Gasteiger charge is -2.10. The molecular formula is C17H20O6. The highest BCUT2D eigenvalue weighted by atomic mass is 16.5. The van der Waals surface area contributed by atoms with Crippen molar-refractivity contribution in [2.45, 2.75) is 34.1 Å². The number of esters is 3. The highest BCUT2D eigenvalue weighted by Crippen LogP contribution is 2.26. The molecule has 0 saturated carbocycles. The molecule has 1 aromatic rings. The summed E-state index contributed by atoms with van der Waals surface area (Å²) in [7, 11) is 0. The van der Waals surface area contributed by atoms with E-state index < -0.39 is 11.9 Å². The Morgan fingerprint density at radius 3 is 2.17 bits per heavy atom. The van der Waals surface area contributed by atoms with Crippen molar-refractivity contribution in [3.63, 3.8) is 0 Å². The Morgan fingerprint density at radius 1 is 0.957 bits per heavy atom. The molecule has 0 aromatic heterocycles. The average molecular weight is 320 g/mol. The van der Waals surface area contributed by atoms with Crippen molar-refractivity contribution in [3.05, 3.63) is 35.4 Å². The van der Waals surface area contributed by atoms with Crippen molar-refractivity contribution in [1.82, 2.24) is 0 Å². The van der Waals surface area contributed by atoms with Crippen LogP contribution < -0.4 is 9.47 Å². The molecule has 23 heavy (non-hydrogen) atoms. The Bertz CT molecular complexity index is 630. The molecule has 0 radical (unpaired) electrons. The van der Waals surface area contributed by atoms with Gasteiger partial charge in [-0.25, -0.2) is 0 Å². The summed E-state index contributed by atoms with van der Waals surface area (Å²) in [6.45, 7) is 5.98. The molecule has 0 aliphatic rings. The van der Waals surface area contributed by atoms with E-state index in [-0.39, 0.29) is 12.6 Å². The fourth-order valence-electron chi connectivity index (χ4n) is 1.74. The van der Waals surface area contributed by atoms with Crippen LogP contribution in [0.1, 0.15) is 33.3 Å². The summed E-state index contributed by atoms with van der Waals surface area (Å²) in [6, 6.07) is 4.83. The summed E-state index contributed by atoms with van der Waals surface area (Å²) in [6.07, 6.45) is 2.35. The van der Waals surface area contributed by atoms with E-state index in [4.69, 9.17) is 14.2 Å². The van der Waals surface area contributed by atoms with Crippen molar-refractivity contribution in [3.8, 4) is 11.5 Å². The largest absolute Gasteiger partial charge is 0.461 e. The minimum Gasteiger partial charge on any atom is -0.461 e. The number of carbonyl (C=O) groups excluding carboxylic acids is 3. The molecule has 0 atom stereocenters. The van der Waals surface area contributed by atoms with Gasteiger partial charge < -0.3 is 14.2 Å². The topological polar surface area (TPSA) is 78.9 Å². The first-order valence-corrected chi connectivity index (χ1v) is 7.06. The highest BCUT2D eigenvalue weighted by molar-refractivity contribution is 5.71. The van der Waals surface area contributed by atoms with Gasteiger partial charge in [0, 0.05) is 26.8 Å². The monoisotopic (exact) mass is 320 g/mol. The van der Waals surface area contributed by atoms with E-state index in [2.05, 4.69) is 0 Å². The zero-order valence-corrected chi connectivity index (χ0v) is 13.7. The van der Waals surface area contributed by atoms with Crippen LogP contribution in [0.3, 0.4) is 0 Å². The lowest BCUT2D eigenvalue weighted by atomic mass is 10.1. The van der Waals surface area contributed by atoms with Crippen LogP contribution in [0.15, 0.2) is 29.8 Å². The van der Waals surface area contributed by atoms with Crippen molar-refractivity contribution in [2.75, 3.05) is 6.61 Å². The zero-order valence-electron chi connectivity index (χ0n) is 13.7. The molecular weight excluding hydrogens is 300 g/mol. The normalized spacial score (nSPS) is 10.9. The third-order valence-corrected chi connectivity index (χ3v) is 2.73. The Balaban J connectivity index is 2.91. The van der Waals surface area contributed by atoms with Gasteiger partial charge >= 0.3 is 17.9 Å². The molecule has 0 unspecified atom stereocenters. The molecule has 0 fully saturated rings. The van der Waals surface area contributed by atoms with Gasteiger partial charge in [0.25, 0.3) is 0 Å². The van der Waals surface area contributed by atoms with E-state index >= 15 is 0 Å². The van der Waals surface area contributed by atoms with Gasteiger partial charge in [-0.3, -0.25) is 14.4 Å². The second-order valence-electron chi connectivity index (χ2n) is 4.99. The number of rotatable bonds is 6. The Labute approximate surface area is 135 Å². The Morgan fingerprint density at radius 2 is 1.61 bits per heavy atom. The molecule has 1 rings (SSSR count). The summed E-state index contributed by atoms with van der Waals surface area (Å²) < 4.78 is 15.0. The van der Waals surface area contributed by atoms with Crippen molar-refractivity contribution < 1.29 is 28.6 Å². The molecule has 0 N–H and O–H groups in total. The molecule has 6 heteroatoms. The van der Waals surface area contributed by atoms with E-state index in [1.807, 2.05) is 13.0 Å². The Kier molecular flexibility index (Phi) is 6.99. The van der Waals surface area contributed by atoms with Crippen molar-refractivity contribution >= 4 is 17.9 Å². The van der Waals surface area contributed by atoms with Crippen LogP contribution in [0, 0.1) is 0 Å². The first kappa shape index (κ1) is 18.4. The van der Waals surface area contributed by atoms with Crippen LogP contribution in [0.25, 0.3) is 0 Å². The molecule has 0 amide bonds. The van der Waals surface area contributed by atoms with Crippen LogP contribution in [0.5, 0.6) is 11.5 Å². The molecule has 0 spiro atoms. The van der Waals surface area contributed by atoms with Gasteiger partial charge in [0.05, 0.1) is 0 Å². The maximum Gasteiger partial charge on any atom is 0.308 e. The lowest BCUT2D eigenvalue weighted by Crippen LogP contribution is -2.06. The number of hydrogen-bond acceptors (Lipinski definition) is 6. The number of allylic oxidation sites excluding steroid dienone is 1. The van der Waals surface area contributed by atoms with E-state index in [0.29, 0.717) is 17.9 Å². The van der Waals surface area contributed by atoms with Crippen LogP contribution in [0.2, 0.25) is 0 Å². The predicted octanol–water partition coefficient (Wildman–Crippen LogP) is 2.59. The summed E-state index contributed by atoms with van der Waals surface area (Å²) >= 11 is 0. The fourth-order valence-corrected chi connectivity index (χ4v) is 1.74. The number of ether oxygens (including phenoxy) is 3. The molecule has 0 aliphatic heterocycles.